The van der Waals surface area contributed by atoms with E-state index in [1.54, 1.807) is 17.1 Å². The van der Waals surface area contributed by atoms with E-state index in [1.807, 2.05) is 30.3 Å². The average Bonchev–Trinajstić information content (AvgIpc) is 3.09. The van der Waals surface area contributed by atoms with Gasteiger partial charge in [-0.2, -0.15) is 5.10 Å². The molecule has 5 heteroatoms. The van der Waals surface area contributed by atoms with Crippen LogP contribution < -0.4 is 5.32 Å². The number of para-hydroxylation sites is 1. The molecule has 1 fully saturated rings. The number of nitrogens with one attached hydrogen (secondary N) is 1. The fraction of sp³-hybridized carbons (Fsp3) is 0.375. The van der Waals surface area contributed by atoms with Gasteiger partial charge in [-0.1, -0.05) is 31.0 Å². The number of amides is 1. The summed E-state index contributed by atoms with van der Waals surface area (Å²) < 4.78 is 1.71. The summed E-state index contributed by atoms with van der Waals surface area (Å²) in [6, 6.07) is 9.70. The number of aliphatic hydroxyl groups is 1. The molecule has 5 nitrogen and oxygen atoms in total. The second-order valence-corrected chi connectivity index (χ2v) is 5.67. The van der Waals surface area contributed by atoms with E-state index in [2.05, 4.69) is 10.4 Å². The zero-order valence-electron chi connectivity index (χ0n) is 11.8. The second kappa shape index (κ2) is 5.69. The molecule has 0 saturated heterocycles. The fourth-order valence-electron chi connectivity index (χ4n) is 2.82. The summed E-state index contributed by atoms with van der Waals surface area (Å²) in [6.07, 6.45) is 6.96. The summed E-state index contributed by atoms with van der Waals surface area (Å²) in [5.74, 6) is -0.160. The number of hydrogen-bond acceptors (Lipinski definition) is 3. The zero-order valence-corrected chi connectivity index (χ0v) is 11.8. The molecule has 2 aromatic rings. The molecule has 1 aliphatic carbocycles. The Balaban J connectivity index is 1.63. The molecule has 1 saturated carbocycles. The summed E-state index contributed by atoms with van der Waals surface area (Å²) in [4.78, 5) is 12.0. The van der Waals surface area contributed by atoms with Crippen LogP contribution in [0.2, 0.25) is 0 Å². The summed E-state index contributed by atoms with van der Waals surface area (Å²) >= 11 is 0. The lowest BCUT2D eigenvalue weighted by molar-refractivity contribution is -0.120. The van der Waals surface area contributed by atoms with E-state index in [-0.39, 0.29) is 12.3 Å². The molecule has 1 aromatic carbocycles. The third-order valence-corrected chi connectivity index (χ3v) is 3.91. The monoisotopic (exact) mass is 285 g/mol. The molecule has 1 amide bonds. The van der Waals surface area contributed by atoms with Crippen LogP contribution in [0, 0.1) is 0 Å². The SMILES string of the molecule is O=C(CC1(O)CCCC1)Nc1cnn(-c2ccccc2)c1. The van der Waals surface area contributed by atoms with E-state index < -0.39 is 5.60 Å². The predicted octanol–water partition coefficient (Wildman–Crippen LogP) is 2.51. The Morgan fingerprint density at radius 2 is 2.00 bits per heavy atom. The van der Waals surface area contributed by atoms with Crippen molar-refractivity contribution in [2.75, 3.05) is 5.32 Å². The molecule has 0 radical (unpaired) electrons. The summed E-state index contributed by atoms with van der Waals surface area (Å²) in [6.45, 7) is 0. The molecule has 110 valence electrons. The number of carbonyl (C=O) groups excluding carboxylic acids is 1. The molecule has 1 aromatic heterocycles. The molecular weight excluding hydrogens is 266 g/mol. The van der Waals surface area contributed by atoms with Gasteiger partial charge in [0.05, 0.1) is 35.8 Å². The first-order valence-corrected chi connectivity index (χ1v) is 7.27. The molecule has 1 heterocycles. The molecule has 3 rings (SSSR count). The van der Waals surface area contributed by atoms with Gasteiger partial charge in [0.1, 0.15) is 0 Å². The van der Waals surface area contributed by atoms with E-state index >= 15 is 0 Å². The molecule has 0 spiro atoms. The Bertz CT molecular complexity index is 615. The molecular formula is C16H19N3O2. The van der Waals surface area contributed by atoms with E-state index in [1.165, 1.54) is 0 Å². The number of rotatable bonds is 4. The van der Waals surface area contributed by atoms with Crippen LogP contribution in [0.1, 0.15) is 32.1 Å². The van der Waals surface area contributed by atoms with Gasteiger partial charge in [0.2, 0.25) is 5.91 Å². The van der Waals surface area contributed by atoms with E-state index in [0.717, 1.165) is 18.5 Å². The standard InChI is InChI=1S/C16H19N3O2/c20-15(10-16(21)8-4-5-9-16)18-13-11-17-19(12-13)14-6-2-1-3-7-14/h1-3,6-7,11-12,21H,4-5,8-10H2,(H,18,20). The number of nitrogens with zero attached hydrogens (tertiary/aromatic N) is 2. The Morgan fingerprint density at radius 3 is 2.71 bits per heavy atom. The van der Waals surface area contributed by atoms with Crippen LogP contribution in [-0.2, 0) is 4.79 Å². The van der Waals surface area contributed by atoms with Gasteiger partial charge >= 0.3 is 0 Å². The summed E-state index contributed by atoms with van der Waals surface area (Å²) in [7, 11) is 0. The fourth-order valence-corrected chi connectivity index (χ4v) is 2.82. The number of benzene rings is 1. The van der Waals surface area contributed by atoms with Gasteiger partial charge in [-0.15, -0.1) is 0 Å². The lowest BCUT2D eigenvalue weighted by Crippen LogP contribution is -2.30. The molecule has 0 atom stereocenters. The van der Waals surface area contributed by atoms with Crippen molar-refractivity contribution in [2.24, 2.45) is 0 Å². The lowest BCUT2D eigenvalue weighted by Gasteiger charge is -2.20. The zero-order chi connectivity index (χ0) is 14.7. The first-order chi connectivity index (χ1) is 10.1. The van der Waals surface area contributed by atoms with Crippen LogP contribution in [-0.4, -0.2) is 26.4 Å². The van der Waals surface area contributed by atoms with Gasteiger partial charge in [0.25, 0.3) is 0 Å². The molecule has 1 aliphatic rings. The minimum atomic E-state index is -0.820. The van der Waals surface area contributed by atoms with Crippen LogP contribution in [0.4, 0.5) is 5.69 Å². The number of aromatic nitrogens is 2. The Hall–Kier alpha value is -2.14. The van der Waals surface area contributed by atoms with Crippen molar-refractivity contribution >= 4 is 11.6 Å². The van der Waals surface area contributed by atoms with Gasteiger partial charge in [0.15, 0.2) is 0 Å². The third kappa shape index (κ3) is 3.31. The highest BCUT2D eigenvalue weighted by atomic mass is 16.3. The van der Waals surface area contributed by atoms with Crippen molar-refractivity contribution < 1.29 is 9.90 Å². The number of carbonyl (C=O) groups is 1. The second-order valence-electron chi connectivity index (χ2n) is 5.67. The highest BCUT2D eigenvalue weighted by Crippen LogP contribution is 2.32. The van der Waals surface area contributed by atoms with Crippen LogP contribution >= 0.6 is 0 Å². The van der Waals surface area contributed by atoms with Crippen molar-refractivity contribution in [2.45, 2.75) is 37.7 Å². The van der Waals surface area contributed by atoms with Crippen molar-refractivity contribution in [3.05, 3.63) is 42.7 Å². The maximum absolute atomic E-state index is 12.0. The Morgan fingerprint density at radius 1 is 1.29 bits per heavy atom. The van der Waals surface area contributed by atoms with E-state index in [0.29, 0.717) is 18.5 Å². The van der Waals surface area contributed by atoms with E-state index in [9.17, 15) is 9.90 Å². The highest BCUT2D eigenvalue weighted by Gasteiger charge is 2.33. The Kier molecular flexibility index (Phi) is 3.75. The maximum atomic E-state index is 12.0. The van der Waals surface area contributed by atoms with Gasteiger partial charge in [0, 0.05) is 0 Å². The first kappa shape index (κ1) is 13.8. The predicted molar refractivity (Wildman–Crippen MR) is 80.2 cm³/mol. The van der Waals surface area contributed by atoms with Gasteiger partial charge in [-0.05, 0) is 25.0 Å². The molecule has 0 bridgehead atoms. The number of anilines is 1. The summed E-state index contributed by atoms with van der Waals surface area (Å²) in [5, 5.41) is 17.3. The molecule has 0 aliphatic heterocycles. The molecule has 2 N–H and O–H groups in total. The van der Waals surface area contributed by atoms with Crippen molar-refractivity contribution in [1.82, 2.24) is 9.78 Å². The maximum Gasteiger partial charge on any atom is 0.227 e. The van der Waals surface area contributed by atoms with Crippen LogP contribution in [0.15, 0.2) is 42.7 Å². The lowest BCUT2D eigenvalue weighted by atomic mass is 9.98. The van der Waals surface area contributed by atoms with Crippen LogP contribution in [0.25, 0.3) is 5.69 Å². The van der Waals surface area contributed by atoms with Gasteiger partial charge in [-0.3, -0.25) is 4.79 Å². The number of hydrogen-bond donors (Lipinski definition) is 2. The summed E-state index contributed by atoms with van der Waals surface area (Å²) in [5.41, 5.74) is 0.761. The van der Waals surface area contributed by atoms with Gasteiger partial charge in [-0.25, -0.2) is 4.68 Å². The normalized spacial score (nSPS) is 16.8. The van der Waals surface area contributed by atoms with Gasteiger partial charge < -0.3 is 10.4 Å². The quantitative estimate of drug-likeness (QED) is 0.907. The first-order valence-electron chi connectivity index (χ1n) is 7.27. The molecule has 0 unspecified atom stereocenters. The highest BCUT2D eigenvalue weighted by molar-refractivity contribution is 5.91. The largest absolute Gasteiger partial charge is 0.389 e. The van der Waals surface area contributed by atoms with Crippen LogP contribution in [0.3, 0.4) is 0 Å². The van der Waals surface area contributed by atoms with E-state index in [4.69, 9.17) is 0 Å². The van der Waals surface area contributed by atoms with Crippen molar-refractivity contribution in [3.63, 3.8) is 0 Å². The van der Waals surface area contributed by atoms with Crippen molar-refractivity contribution in [3.8, 4) is 5.69 Å². The smallest absolute Gasteiger partial charge is 0.227 e. The minimum Gasteiger partial charge on any atom is -0.389 e. The topological polar surface area (TPSA) is 67.2 Å². The average molecular weight is 285 g/mol. The Labute approximate surface area is 123 Å². The van der Waals surface area contributed by atoms with Crippen LogP contribution in [0.5, 0.6) is 0 Å². The third-order valence-electron chi connectivity index (χ3n) is 3.91. The minimum absolute atomic E-state index is 0.156. The molecule has 21 heavy (non-hydrogen) atoms. The van der Waals surface area contributed by atoms with Crippen molar-refractivity contribution in [1.29, 1.82) is 0 Å².